The zero-order valence-corrected chi connectivity index (χ0v) is 12.5. The number of rotatable bonds is 3. The monoisotopic (exact) mass is 331 g/mol. The van der Waals surface area contributed by atoms with Crippen molar-refractivity contribution < 1.29 is 27.8 Å². The van der Waals surface area contributed by atoms with Crippen molar-refractivity contribution in [1.82, 2.24) is 4.31 Å². The van der Waals surface area contributed by atoms with Gasteiger partial charge in [-0.2, -0.15) is 4.31 Å². The molecule has 0 spiro atoms. The molecule has 0 aliphatic carbocycles. The van der Waals surface area contributed by atoms with E-state index in [-0.39, 0.29) is 16.5 Å². The molecule has 0 saturated carbocycles. The van der Waals surface area contributed by atoms with Gasteiger partial charge in [-0.1, -0.05) is 0 Å². The highest BCUT2D eigenvalue weighted by atomic mass is 32.2. The Hall–Kier alpha value is -1.45. The Bertz CT molecular complexity index is 674. The lowest BCUT2D eigenvalue weighted by atomic mass is 10.3. The first-order chi connectivity index (χ1) is 10.00. The van der Waals surface area contributed by atoms with E-state index in [1.54, 1.807) is 0 Å². The molecule has 1 saturated heterocycles. The molecule has 2 aliphatic rings. The number of nitrogens with zero attached hydrogens (tertiary/aromatic N) is 1. The number of carbonyl (C=O) groups is 1. The molecule has 7 nitrogen and oxygen atoms in total. The Morgan fingerprint density at radius 1 is 1.29 bits per heavy atom. The summed E-state index contributed by atoms with van der Waals surface area (Å²) >= 11 is 1.28. The van der Waals surface area contributed by atoms with Crippen molar-refractivity contribution in [2.24, 2.45) is 0 Å². The average Bonchev–Trinajstić information content (AvgIpc) is 2.97. The second kappa shape index (κ2) is 5.39. The van der Waals surface area contributed by atoms with Gasteiger partial charge < -0.3 is 14.6 Å². The Kier molecular flexibility index (Phi) is 3.72. The number of aliphatic carboxylic acids is 1. The van der Waals surface area contributed by atoms with Crippen LogP contribution in [-0.2, 0) is 14.8 Å². The lowest BCUT2D eigenvalue weighted by Crippen LogP contribution is -2.41. The minimum atomic E-state index is -3.87. The van der Waals surface area contributed by atoms with Crippen LogP contribution >= 0.6 is 11.8 Å². The lowest BCUT2D eigenvalue weighted by Gasteiger charge is -2.22. The number of ether oxygens (including phenoxy) is 2. The summed E-state index contributed by atoms with van der Waals surface area (Å²) in [6.45, 7) is 0.775. The van der Waals surface area contributed by atoms with E-state index < -0.39 is 22.0 Å². The number of fused-ring (bicyclic) bond motifs is 1. The maximum Gasteiger partial charge on any atom is 0.322 e. The zero-order valence-electron chi connectivity index (χ0n) is 10.9. The molecule has 0 unspecified atom stereocenters. The van der Waals surface area contributed by atoms with Crippen LogP contribution in [0.15, 0.2) is 23.1 Å². The lowest BCUT2D eigenvalue weighted by molar-refractivity contribution is -0.140. The van der Waals surface area contributed by atoms with Crippen molar-refractivity contribution in [2.45, 2.75) is 10.9 Å². The molecular formula is C12H13NO6S2. The van der Waals surface area contributed by atoms with E-state index in [0.29, 0.717) is 24.7 Å². The molecule has 0 aromatic heterocycles. The first-order valence-corrected chi connectivity index (χ1v) is 8.81. The number of benzene rings is 1. The van der Waals surface area contributed by atoms with Crippen LogP contribution in [0.3, 0.4) is 0 Å². The van der Waals surface area contributed by atoms with Gasteiger partial charge in [-0.05, 0) is 12.1 Å². The van der Waals surface area contributed by atoms with Gasteiger partial charge in [0.2, 0.25) is 10.0 Å². The summed E-state index contributed by atoms with van der Waals surface area (Å²) in [6.07, 6.45) is 0. The first-order valence-electron chi connectivity index (χ1n) is 6.22. The number of hydrogen-bond acceptors (Lipinski definition) is 6. The van der Waals surface area contributed by atoms with E-state index in [1.807, 2.05) is 0 Å². The number of hydrogen-bond donors (Lipinski definition) is 1. The van der Waals surface area contributed by atoms with Crippen LogP contribution in [0.5, 0.6) is 11.5 Å². The van der Waals surface area contributed by atoms with Crippen molar-refractivity contribution >= 4 is 27.8 Å². The van der Waals surface area contributed by atoms with Gasteiger partial charge in [-0.15, -0.1) is 11.8 Å². The average molecular weight is 331 g/mol. The minimum Gasteiger partial charge on any atom is -0.486 e. The van der Waals surface area contributed by atoms with Crippen LogP contribution in [0.25, 0.3) is 0 Å². The zero-order chi connectivity index (χ0) is 15.0. The summed E-state index contributed by atoms with van der Waals surface area (Å²) in [5.41, 5.74) is 0. The number of carboxylic acid groups (broad SMARTS) is 1. The third-order valence-electron chi connectivity index (χ3n) is 3.25. The highest BCUT2D eigenvalue weighted by Crippen LogP contribution is 2.35. The van der Waals surface area contributed by atoms with Crippen molar-refractivity contribution in [2.75, 3.05) is 24.8 Å². The van der Waals surface area contributed by atoms with Crippen molar-refractivity contribution in [3.8, 4) is 11.5 Å². The van der Waals surface area contributed by atoms with E-state index in [9.17, 15) is 13.2 Å². The molecular weight excluding hydrogens is 318 g/mol. The van der Waals surface area contributed by atoms with Gasteiger partial charge >= 0.3 is 5.97 Å². The summed E-state index contributed by atoms with van der Waals surface area (Å²) in [6, 6.07) is 3.28. The summed E-state index contributed by atoms with van der Waals surface area (Å²) in [7, 11) is -3.87. The first kappa shape index (κ1) is 14.5. The Morgan fingerprint density at radius 3 is 2.71 bits per heavy atom. The van der Waals surface area contributed by atoms with E-state index >= 15 is 0 Å². The van der Waals surface area contributed by atoms with E-state index in [2.05, 4.69) is 0 Å². The fourth-order valence-electron chi connectivity index (χ4n) is 2.18. The molecule has 1 fully saturated rings. The van der Waals surface area contributed by atoms with Crippen molar-refractivity contribution in [3.63, 3.8) is 0 Å². The highest BCUT2D eigenvalue weighted by Gasteiger charge is 2.40. The predicted molar refractivity (Wildman–Crippen MR) is 75.2 cm³/mol. The van der Waals surface area contributed by atoms with Crippen molar-refractivity contribution in [1.29, 1.82) is 0 Å². The quantitative estimate of drug-likeness (QED) is 0.867. The predicted octanol–water partition coefficient (Wildman–Crippen LogP) is 0.606. The summed E-state index contributed by atoms with van der Waals surface area (Å²) in [5.74, 6) is 0.0975. The normalized spacial score (nSPS) is 22.2. The number of sulfonamides is 1. The van der Waals surface area contributed by atoms with Crippen LogP contribution < -0.4 is 9.47 Å². The molecule has 114 valence electrons. The largest absolute Gasteiger partial charge is 0.486 e. The van der Waals surface area contributed by atoms with Crippen molar-refractivity contribution in [3.05, 3.63) is 18.2 Å². The molecule has 9 heteroatoms. The molecule has 0 radical (unpaired) electrons. The molecule has 3 rings (SSSR count). The van der Waals surface area contributed by atoms with Crippen LogP contribution in [0.1, 0.15) is 0 Å². The van der Waals surface area contributed by atoms with Crippen LogP contribution in [0, 0.1) is 0 Å². The molecule has 2 aliphatic heterocycles. The Labute approximate surface area is 125 Å². The number of thioether (sulfide) groups is 1. The summed E-state index contributed by atoms with van der Waals surface area (Å²) in [4.78, 5) is 11.2. The SMILES string of the molecule is O=C(O)[C@H]1CSCN1S(=O)(=O)c1ccc2c(c1)OCCO2. The molecule has 1 N–H and O–H groups in total. The van der Waals surface area contributed by atoms with Gasteiger partial charge in [0.05, 0.1) is 10.8 Å². The molecule has 1 atom stereocenters. The molecule has 1 aromatic carbocycles. The molecule has 2 heterocycles. The smallest absolute Gasteiger partial charge is 0.322 e. The van der Waals surface area contributed by atoms with Crippen LogP contribution in [-0.4, -0.2) is 54.7 Å². The Morgan fingerprint density at radius 2 is 2.00 bits per heavy atom. The Balaban J connectivity index is 1.96. The van der Waals surface area contributed by atoms with E-state index in [1.165, 1.54) is 30.0 Å². The molecule has 1 aromatic rings. The second-order valence-electron chi connectivity index (χ2n) is 4.55. The maximum atomic E-state index is 12.6. The third-order valence-corrected chi connectivity index (χ3v) is 6.27. The topological polar surface area (TPSA) is 93.1 Å². The van der Waals surface area contributed by atoms with Gasteiger partial charge in [-0.3, -0.25) is 4.79 Å². The fraction of sp³-hybridized carbons (Fsp3) is 0.417. The highest BCUT2D eigenvalue weighted by molar-refractivity contribution is 8.00. The van der Waals surface area contributed by atoms with E-state index in [4.69, 9.17) is 14.6 Å². The standard InChI is InChI=1S/C12H13NO6S2/c14-12(15)9-6-20-7-13(9)21(16,17)8-1-2-10-11(5-8)19-4-3-18-10/h1-2,5,9H,3-4,6-7H2,(H,14,15)/t9-/m1/s1. The maximum absolute atomic E-state index is 12.6. The summed E-state index contributed by atoms with van der Waals surface area (Å²) < 4.78 is 36.9. The van der Waals surface area contributed by atoms with E-state index in [0.717, 1.165) is 4.31 Å². The minimum absolute atomic E-state index is 0.0144. The molecule has 21 heavy (non-hydrogen) atoms. The third kappa shape index (κ3) is 2.56. The van der Waals surface area contributed by atoms with Gasteiger partial charge in [-0.25, -0.2) is 8.42 Å². The van der Waals surface area contributed by atoms with Gasteiger partial charge in [0.1, 0.15) is 19.3 Å². The van der Waals surface area contributed by atoms with Crippen LogP contribution in [0.4, 0.5) is 0 Å². The summed E-state index contributed by atoms with van der Waals surface area (Å²) in [5, 5.41) is 9.12. The van der Waals surface area contributed by atoms with Gasteiger partial charge in [0.15, 0.2) is 11.5 Å². The van der Waals surface area contributed by atoms with Gasteiger partial charge in [0, 0.05) is 11.8 Å². The van der Waals surface area contributed by atoms with Gasteiger partial charge in [0.25, 0.3) is 0 Å². The van der Waals surface area contributed by atoms with Crippen LogP contribution in [0.2, 0.25) is 0 Å². The number of carboxylic acids is 1. The molecule has 0 amide bonds. The fourth-order valence-corrected chi connectivity index (χ4v) is 5.33. The molecule has 0 bridgehead atoms. The second-order valence-corrected chi connectivity index (χ2v) is 7.44.